The molecule has 19 heavy (non-hydrogen) atoms. The molecule has 0 saturated carbocycles. The minimum absolute atomic E-state index is 0.0172. The van der Waals surface area contributed by atoms with Crippen molar-refractivity contribution >= 4 is 5.91 Å². The first kappa shape index (κ1) is 12.0. The molecule has 0 N–H and O–H groups in total. The number of hydrogen-bond acceptors (Lipinski definition) is 2. The van der Waals surface area contributed by atoms with Crippen molar-refractivity contribution in [3.05, 3.63) is 48.4 Å². The molecule has 2 heterocycles. The van der Waals surface area contributed by atoms with Crippen LogP contribution in [-0.2, 0) is 0 Å². The van der Waals surface area contributed by atoms with Crippen molar-refractivity contribution in [1.29, 1.82) is 0 Å². The predicted molar refractivity (Wildman–Crippen MR) is 73.9 cm³/mol. The number of piperidine rings is 1. The summed E-state index contributed by atoms with van der Waals surface area (Å²) in [6.45, 7) is 1.68. The van der Waals surface area contributed by atoms with E-state index in [0.29, 0.717) is 5.76 Å². The van der Waals surface area contributed by atoms with E-state index < -0.39 is 0 Å². The molecular formula is C16H17NO2. The van der Waals surface area contributed by atoms with Crippen LogP contribution < -0.4 is 0 Å². The smallest absolute Gasteiger partial charge is 0.290 e. The van der Waals surface area contributed by atoms with E-state index in [0.717, 1.165) is 37.1 Å². The molecule has 98 valence electrons. The average molecular weight is 255 g/mol. The van der Waals surface area contributed by atoms with Gasteiger partial charge in [-0.1, -0.05) is 30.3 Å². The Labute approximate surface area is 112 Å². The van der Waals surface area contributed by atoms with Gasteiger partial charge in [-0.15, -0.1) is 0 Å². The summed E-state index contributed by atoms with van der Waals surface area (Å²) in [5, 5.41) is 0. The maximum Gasteiger partial charge on any atom is 0.290 e. The van der Waals surface area contributed by atoms with Gasteiger partial charge >= 0.3 is 0 Å². The normalized spacial score (nSPS) is 15.5. The van der Waals surface area contributed by atoms with E-state index in [9.17, 15) is 4.79 Å². The summed E-state index contributed by atoms with van der Waals surface area (Å²) in [5.74, 6) is 0.483. The molecule has 0 radical (unpaired) electrons. The number of furan rings is 1. The number of amides is 1. The van der Waals surface area contributed by atoms with Gasteiger partial charge in [-0.25, -0.2) is 0 Å². The molecule has 0 bridgehead atoms. The lowest BCUT2D eigenvalue weighted by atomic mass is 10.1. The van der Waals surface area contributed by atoms with Crippen LogP contribution in [0.1, 0.15) is 29.8 Å². The minimum Gasteiger partial charge on any atom is -0.459 e. The summed E-state index contributed by atoms with van der Waals surface area (Å²) in [4.78, 5) is 14.4. The first-order valence-corrected chi connectivity index (χ1v) is 6.78. The van der Waals surface area contributed by atoms with Gasteiger partial charge in [0.05, 0.1) is 6.26 Å². The lowest BCUT2D eigenvalue weighted by Gasteiger charge is -2.26. The van der Waals surface area contributed by atoms with Crippen LogP contribution in [0.15, 0.2) is 47.1 Å². The topological polar surface area (TPSA) is 33.5 Å². The summed E-state index contributed by atoms with van der Waals surface area (Å²) in [7, 11) is 0. The third-order valence-corrected chi connectivity index (χ3v) is 3.59. The molecule has 1 aliphatic heterocycles. The second-order valence-corrected chi connectivity index (χ2v) is 4.88. The molecule has 0 atom stereocenters. The largest absolute Gasteiger partial charge is 0.459 e. The summed E-state index contributed by atoms with van der Waals surface area (Å²) >= 11 is 0. The van der Waals surface area contributed by atoms with E-state index in [1.807, 2.05) is 41.3 Å². The van der Waals surface area contributed by atoms with E-state index in [4.69, 9.17) is 4.42 Å². The van der Waals surface area contributed by atoms with Crippen LogP contribution in [-0.4, -0.2) is 23.9 Å². The van der Waals surface area contributed by atoms with Crippen molar-refractivity contribution in [2.45, 2.75) is 19.3 Å². The van der Waals surface area contributed by atoms with E-state index in [2.05, 4.69) is 0 Å². The van der Waals surface area contributed by atoms with Gasteiger partial charge in [-0.05, 0) is 30.9 Å². The fraction of sp³-hybridized carbons (Fsp3) is 0.312. The zero-order chi connectivity index (χ0) is 13.1. The lowest BCUT2D eigenvalue weighted by molar-refractivity contribution is 0.0693. The van der Waals surface area contributed by atoms with Crippen molar-refractivity contribution in [3.63, 3.8) is 0 Å². The van der Waals surface area contributed by atoms with Gasteiger partial charge in [0.15, 0.2) is 5.76 Å². The van der Waals surface area contributed by atoms with Crippen LogP contribution in [0.4, 0.5) is 0 Å². The molecule has 0 aliphatic carbocycles. The van der Waals surface area contributed by atoms with Crippen molar-refractivity contribution in [2.24, 2.45) is 0 Å². The molecular weight excluding hydrogens is 238 g/mol. The molecule has 1 aliphatic rings. The van der Waals surface area contributed by atoms with E-state index in [1.54, 1.807) is 6.26 Å². The number of carbonyl (C=O) groups is 1. The summed E-state index contributed by atoms with van der Waals surface area (Å²) in [5.41, 5.74) is 1.91. The SMILES string of the molecule is O=C(c1occc1-c1ccccc1)N1CCCCC1. The Morgan fingerprint density at radius 2 is 1.74 bits per heavy atom. The molecule has 3 rings (SSSR count). The Hall–Kier alpha value is -2.03. The zero-order valence-corrected chi connectivity index (χ0v) is 10.8. The van der Waals surface area contributed by atoms with Gasteiger partial charge in [0.2, 0.25) is 0 Å². The molecule has 3 nitrogen and oxygen atoms in total. The van der Waals surface area contributed by atoms with Crippen LogP contribution >= 0.6 is 0 Å². The first-order valence-electron chi connectivity index (χ1n) is 6.78. The van der Waals surface area contributed by atoms with Gasteiger partial charge < -0.3 is 9.32 Å². The van der Waals surface area contributed by atoms with Crippen molar-refractivity contribution < 1.29 is 9.21 Å². The molecule has 1 saturated heterocycles. The number of rotatable bonds is 2. The molecule has 1 amide bonds. The van der Waals surface area contributed by atoms with Gasteiger partial charge in [0.1, 0.15) is 0 Å². The van der Waals surface area contributed by atoms with Crippen LogP contribution in [0.3, 0.4) is 0 Å². The second kappa shape index (κ2) is 5.31. The van der Waals surface area contributed by atoms with E-state index >= 15 is 0 Å². The monoisotopic (exact) mass is 255 g/mol. The molecule has 0 unspecified atom stereocenters. The Kier molecular flexibility index (Phi) is 3.36. The Morgan fingerprint density at radius 3 is 2.47 bits per heavy atom. The highest BCUT2D eigenvalue weighted by Gasteiger charge is 2.23. The molecule has 0 spiro atoms. The molecule has 2 aromatic rings. The average Bonchev–Trinajstić information content (AvgIpc) is 2.98. The molecule has 1 aromatic heterocycles. The Balaban J connectivity index is 1.89. The van der Waals surface area contributed by atoms with Crippen LogP contribution in [0, 0.1) is 0 Å². The first-order chi connectivity index (χ1) is 9.36. The maximum absolute atomic E-state index is 12.5. The van der Waals surface area contributed by atoms with E-state index in [1.165, 1.54) is 6.42 Å². The van der Waals surface area contributed by atoms with Gasteiger partial charge in [-0.3, -0.25) is 4.79 Å². The van der Waals surface area contributed by atoms with Crippen LogP contribution in [0.2, 0.25) is 0 Å². The van der Waals surface area contributed by atoms with Crippen LogP contribution in [0.25, 0.3) is 11.1 Å². The summed E-state index contributed by atoms with van der Waals surface area (Å²) < 4.78 is 5.44. The second-order valence-electron chi connectivity index (χ2n) is 4.88. The van der Waals surface area contributed by atoms with Crippen molar-refractivity contribution in [1.82, 2.24) is 4.90 Å². The predicted octanol–water partition coefficient (Wildman–Crippen LogP) is 3.57. The number of benzene rings is 1. The highest BCUT2D eigenvalue weighted by Crippen LogP contribution is 2.26. The fourth-order valence-corrected chi connectivity index (χ4v) is 2.56. The lowest BCUT2D eigenvalue weighted by Crippen LogP contribution is -2.35. The van der Waals surface area contributed by atoms with Crippen molar-refractivity contribution in [3.8, 4) is 11.1 Å². The Bertz CT molecular complexity index is 553. The summed E-state index contributed by atoms with van der Waals surface area (Å²) in [6, 6.07) is 11.8. The quantitative estimate of drug-likeness (QED) is 0.822. The number of likely N-dealkylation sites (tertiary alicyclic amines) is 1. The third-order valence-electron chi connectivity index (χ3n) is 3.59. The standard InChI is InChI=1S/C16H17NO2/c18-16(17-10-5-2-6-11-17)15-14(9-12-19-15)13-7-3-1-4-8-13/h1,3-4,7-9,12H,2,5-6,10-11H2. The Morgan fingerprint density at radius 1 is 1.00 bits per heavy atom. The number of carbonyl (C=O) groups excluding carboxylic acids is 1. The number of nitrogens with zero attached hydrogens (tertiary/aromatic N) is 1. The van der Waals surface area contributed by atoms with Gasteiger partial charge in [0, 0.05) is 18.7 Å². The van der Waals surface area contributed by atoms with E-state index in [-0.39, 0.29) is 5.91 Å². The van der Waals surface area contributed by atoms with Gasteiger partial charge in [-0.2, -0.15) is 0 Å². The molecule has 1 fully saturated rings. The fourth-order valence-electron chi connectivity index (χ4n) is 2.56. The highest BCUT2D eigenvalue weighted by atomic mass is 16.3. The number of hydrogen-bond donors (Lipinski definition) is 0. The zero-order valence-electron chi connectivity index (χ0n) is 10.8. The summed E-state index contributed by atoms with van der Waals surface area (Å²) in [6.07, 6.45) is 4.99. The van der Waals surface area contributed by atoms with Crippen molar-refractivity contribution in [2.75, 3.05) is 13.1 Å². The molecule has 3 heteroatoms. The van der Waals surface area contributed by atoms with Crippen LogP contribution in [0.5, 0.6) is 0 Å². The third kappa shape index (κ3) is 2.41. The minimum atomic E-state index is 0.0172. The maximum atomic E-state index is 12.5. The van der Waals surface area contributed by atoms with Gasteiger partial charge in [0.25, 0.3) is 5.91 Å². The molecule has 1 aromatic carbocycles. The highest BCUT2D eigenvalue weighted by molar-refractivity contribution is 5.98.